The predicted octanol–water partition coefficient (Wildman–Crippen LogP) is 1.71. The average Bonchev–Trinajstić information content (AvgIpc) is 3.07. The highest BCUT2D eigenvalue weighted by Crippen LogP contribution is 2.25. The second-order valence-corrected chi connectivity index (χ2v) is 5.27. The maximum atomic E-state index is 12.1. The lowest BCUT2D eigenvalue weighted by Crippen LogP contribution is -2.39. The molecule has 4 heteroatoms. The van der Waals surface area contributed by atoms with Gasteiger partial charge in [0, 0.05) is 25.3 Å². The van der Waals surface area contributed by atoms with Gasteiger partial charge in [-0.25, -0.2) is 0 Å². The zero-order chi connectivity index (χ0) is 13.1. The smallest absolute Gasteiger partial charge is 0.242 e. The van der Waals surface area contributed by atoms with Crippen LogP contribution in [0.25, 0.3) is 0 Å². The number of fused-ring (bicyclic) bond motifs is 1. The van der Waals surface area contributed by atoms with Crippen LogP contribution in [0, 0.1) is 0 Å². The Morgan fingerprint density at radius 1 is 1.42 bits per heavy atom. The number of anilines is 1. The fourth-order valence-electron chi connectivity index (χ4n) is 2.81. The van der Waals surface area contributed by atoms with Gasteiger partial charge >= 0.3 is 0 Å². The van der Waals surface area contributed by atoms with E-state index in [1.807, 2.05) is 18.2 Å². The van der Waals surface area contributed by atoms with Crippen molar-refractivity contribution in [2.24, 2.45) is 0 Å². The molecule has 19 heavy (non-hydrogen) atoms. The molecule has 2 N–H and O–H groups in total. The lowest BCUT2D eigenvalue weighted by atomic mass is 10.1. The maximum Gasteiger partial charge on any atom is 0.242 e. The first-order chi connectivity index (χ1) is 9.33. The van der Waals surface area contributed by atoms with Crippen LogP contribution in [0.4, 0.5) is 5.69 Å². The summed E-state index contributed by atoms with van der Waals surface area (Å²) in [6.07, 6.45) is 4.32. The Hall–Kier alpha value is -1.55. The predicted molar refractivity (Wildman–Crippen MR) is 74.2 cm³/mol. The molecule has 1 amide bonds. The monoisotopic (exact) mass is 260 g/mol. The number of carbonyl (C=O) groups excluding carboxylic acids is 1. The molecule has 2 aliphatic heterocycles. The quantitative estimate of drug-likeness (QED) is 0.866. The number of ether oxygens (including phenoxy) is 1. The summed E-state index contributed by atoms with van der Waals surface area (Å²) in [4.78, 5) is 12.1. The molecule has 1 aromatic rings. The molecule has 0 radical (unpaired) electrons. The molecular weight excluding hydrogens is 240 g/mol. The van der Waals surface area contributed by atoms with E-state index in [2.05, 4.69) is 16.7 Å². The van der Waals surface area contributed by atoms with Crippen LogP contribution >= 0.6 is 0 Å². The summed E-state index contributed by atoms with van der Waals surface area (Å²) in [5.74, 6) is 0.0918. The number of rotatable bonds is 4. The molecule has 4 nitrogen and oxygen atoms in total. The van der Waals surface area contributed by atoms with Gasteiger partial charge in [0.1, 0.15) is 6.04 Å². The Labute approximate surface area is 113 Å². The van der Waals surface area contributed by atoms with Crippen molar-refractivity contribution in [3.05, 3.63) is 29.8 Å². The lowest BCUT2D eigenvalue weighted by molar-refractivity contribution is -0.121. The SMILES string of the molecule is O=C(NCCC1CCCO1)[C@@H]1Cc2ccccc2N1. The summed E-state index contributed by atoms with van der Waals surface area (Å²) < 4.78 is 5.54. The van der Waals surface area contributed by atoms with Crippen molar-refractivity contribution in [1.82, 2.24) is 5.32 Å². The van der Waals surface area contributed by atoms with E-state index in [1.165, 1.54) is 5.56 Å². The Bertz CT molecular complexity index is 430. The van der Waals surface area contributed by atoms with E-state index in [0.717, 1.165) is 38.0 Å². The van der Waals surface area contributed by atoms with Gasteiger partial charge in [0.15, 0.2) is 0 Å². The molecule has 0 bridgehead atoms. The summed E-state index contributed by atoms with van der Waals surface area (Å²) in [5.41, 5.74) is 2.31. The van der Waals surface area contributed by atoms with E-state index < -0.39 is 0 Å². The number of carbonyl (C=O) groups is 1. The largest absolute Gasteiger partial charge is 0.378 e. The minimum absolute atomic E-state index is 0.0918. The number of hydrogen-bond donors (Lipinski definition) is 2. The fourth-order valence-corrected chi connectivity index (χ4v) is 2.81. The molecule has 0 spiro atoms. The van der Waals surface area contributed by atoms with E-state index in [1.54, 1.807) is 0 Å². The first-order valence-electron chi connectivity index (χ1n) is 7.07. The minimum atomic E-state index is -0.123. The topological polar surface area (TPSA) is 50.4 Å². The molecule has 1 aromatic carbocycles. The van der Waals surface area contributed by atoms with E-state index in [-0.39, 0.29) is 11.9 Å². The van der Waals surface area contributed by atoms with Crippen LogP contribution in [0.5, 0.6) is 0 Å². The van der Waals surface area contributed by atoms with Gasteiger partial charge in [0.05, 0.1) is 6.10 Å². The van der Waals surface area contributed by atoms with Gasteiger partial charge < -0.3 is 15.4 Å². The summed E-state index contributed by atoms with van der Waals surface area (Å²) in [7, 11) is 0. The van der Waals surface area contributed by atoms with Gasteiger partial charge in [-0.3, -0.25) is 4.79 Å². The summed E-state index contributed by atoms with van der Waals surface area (Å²) in [6.45, 7) is 1.58. The molecule has 0 aromatic heterocycles. The van der Waals surface area contributed by atoms with Gasteiger partial charge in [0.25, 0.3) is 0 Å². The molecule has 1 saturated heterocycles. The van der Waals surface area contributed by atoms with Crippen LogP contribution in [-0.2, 0) is 16.0 Å². The van der Waals surface area contributed by atoms with Gasteiger partial charge in [-0.1, -0.05) is 18.2 Å². The van der Waals surface area contributed by atoms with Crippen molar-refractivity contribution in [2.75, 3.05) is 18.5 Å². The molecule has 0 saturated carbocycles. The number of para-hydroxylation sites is 1. The second kappa shape index (κ2) is 5.61. The molecule has 2 heterocycles. The normalized spacial score (nSPS) is 24.8. The Kier molecular flexibility index (Phi) is 3.69. The molecule has 1 unspecified atom stereocenters. The maximum absolute atomic E-state index is 12.1. The van der Waals surface area contributed by atoms with Crippen molar-refractivity contribution in [3.63, 3.8) is 0 Å². The third kappa shape index (κ3) is 2.89. The third-order valence-electron chi connectivity index (χ3n) is 3.88. The third-order valence-corrected chi connectivity index (χ3v) is 3.88. The van der Waals surface area contributed by atoms with Crippen molar-refractivity contribution < 1.29 is 9.53 Å². The molecule has 1 fully saturated rings. The second-order valence-electron chi connectivity index (χ2n) is 5.27. The lowest BCUT2D eigenvalue weighted by Gasteiger charge is -2.13. The average molecular weight is 260 g/mol. The number of nitrogens with one attached hydrogen (secondary N) is 2. The van der Waals surface area contributed by atoms with E-state index in [0.29, 0.717) is 12.6 Å². The Balaban J connectivity index is 1.44. The number of amides is 1. The van der Waals surface area contributed by atoms with Crippen molar-refractivity contribution in [1.29, 1.82) is 0 Å². The van der Waals surface area contributed by atoms with Gasteiger partial charge in [0.2, 0.25) is 5.91 Å². The highest BCUT2D eigenvalue weighted by Gasteiger charge is 2.26. The molecular formula is C15H20N2O2. The van der Waals surface area contributed by atoms with Crippen LogP contribution < -0.4 is 10.6 Å². The zero-order valence-corrected chi connectivity index (χ0v) is 11.0. The van der Waals surface area contributed by atoms with Crippen molar-refractivity contribution in [2.45, 2.75) is 37.8 Å². The van der Waals surface area contributed by atoms with Crippen LogP contribution in [0.15, 0.2) is 24.3 Å². The summed E-state index contributed by atoms with van der Waals surface area (Å²) in [6, 6.07) is 7.97. The molecule has 102 valence electrons. The molecule has 2 aliphatic rings. The van der Waals surface area contributed by atoms with E-state index >= 15 is 0 Å². The summed E-state index contributed by atoms with van der Waals surface area (Å²) >= 11 is 0. The fraction of sp³-hybridized carbons (Fsp3) is 0.533. The van der Waals surface area contributed by atoms with Crippen LogP contribution in [0.1, 0.15) is 24.8 Å². The van der Waals surface area contributed by atoms with E-state index in [4.69, 9.17) is 4.74 Å². The van der Waals surface area contributed by atoms with Crippen LogP contribution in [0.2, 0.25) is 0 Å². The number of benzene rings is 1. The standard InChI is InChI=1S/C15H20N2O2/c18-15(16-8-7-12-5-3-9-19-12)14-10-11-4-1-2-6-13(11)17-14/h1-2,4,6,12,14,17H,3,5,7-10H2,(H,16,18)/t12?,14-/m0/s1. The Morgan fingerprint density at radius 2 is 2.32 bits per heavy atom. The molecule has 3 rings (SSSR count). The van der Waals surface area contributed by atoms with Crippen LogP contribution in [0.3, 0.4) is 0 Å². The van der Waals surface area contributed by atoms with Crippen LogP contribution in [-0.4, -0.2) is 31.2 Å². The minimum Gasteiger partial charge on any atom is -0.378 e. The highest BCUT2D eigenvalue weighted by molar-refractivity contribution is 5.87. The highest BCUT2D eigenvalue weighted by atomic mass is 16.5. The first-order valence-corrected chi connectivity index (χ1v) is 7.07. The zero-order valence-electron chi connectivity index (χ0n) is 11.0. The summed E-state index contributed by atoms with van der Waals surface area (Å²) in [5, 5.41) is 6.27. The van der Waals surface area contributed by atoms with Gasteiger partial charge in [-0.15, -0.1) is 0 Å². The number of hydrogen-bond acceptors (Lipinski definition) is 3. The van der Waals surface area contributed by atoms with E-state index in [9.17, 15) is 4.79 Å². The first kappa shape index (κ1) is 12.5. The van der Waals surface area contributed by atoms with Crippen molar-refractivity contribution in [3.8, 4) is 0 Å². The molecule has 0 aliphatic carbocycles. The van der Waals surface area contributed by atoms with Crippen molar-refractivity contribution >= 4 is 11.6 Å². The van der Waals surface area contributed by atoms with Gasteiger partial charge in [-0.2, -0.15) is 0 Å². The Morgan fingerprint density at radius 3 is 3.11 bits per heavy atom. The van der Waals surface area contributed by atoms with Gasteiger partial charge in [-0.05, 0) is 30.9 Å². The molecule has 2 atom stereocenters.